The van der Waals surface area contributed by atoms with Crippen molar-refractivity contribution in [3.63, 3.8) is 0 Å². The van der Waals surface area contributed by atoms with Crippen molar-refractivity contribution in [3.05, 3.63) is 41.3 Å². The Hall–Kier alpha value is -1.95. The van der Waals surface area contributed by atoms with Crippen molar-refractivity contribution in [2.24, 2.45) is 0 Å². The van der Waals surface area contributed by atoms with Crippen molar-refractivity contribution >= 4 is 24.2 Å². The van der Waals surface area contributed by atoms with Crippen molar-refractivity contribution in [1.29, 1.82) is 0 Å². The van der Waals surface area contributed by atoms with Crippen molar-refractivity contribution in [2.75, 3.05) is 17.6 Å². The Labute approximate surface area is 133 Å². The van der Waals surface area contributed by atoms with Crippen LogP contribution >= 0.6 is 11.9 Å². The number of halogens is 1. The van der Waals surface area contributed by atoms with Gasteiger partial charge in [-0.15, -0.1) is 0 Å². The number of carbonyl (C=O) groups excluding carboxylic acids is 1. The van der Waals surface area contributed by atoms with Crippen LogP contribution in [0.5, 0.6) is 0 Å². The molecule has 2 rings (SSSR count). The van der Waals surface area contributed by atoms with Gasteiger partial charge in [0.1, 0.15) is 5.82 Å². The molecule has 2 aromatic rings. The average Bonchev–Trinajstić information content (AvgIpc) is 2.53. The highest BCUT2D eigenvalue weighted by Gasteiger charge is 2.19. The molecule has 6 heteroatoms. The minimum atomic E-state index is -0.323. The molecule has 0 saturated carbocycles. The normalized spacial score (nSPS) is 10.8. The Morgan fingerprint density at radius 1 is 1.23 bits per heavy atom. The summed E-state index contributed by atoms with van der Waals surface area (Å²) >= 11 is 1.48. The van der Waals surface area contributed by atoms with Crippen LogP contribution in [0.4, 0.5) is 10.3 Å². The molecule has 0 N–H and O–H groups in total. The molecule has 0 bridgehead atoms. The lowest BCUT2D eigenvalue weighted by Gasteiger charge is -2.18. The molecule has 22 heavy (non-hydrogen) atoms. The predicted molar refractivity (Wildman–Crippen MR) is 88.8 cm³/mol. The van der Waals surface area contributed by atoms with Gasteiger partial charge in [0, 0.05) is 18.9 Å². The summed E-state index contributed by atoms with van der Waals surface area (Å²) in [5.41, 5.74) is 2.38. The van der Waals surface area contributed by atoms with Crippen LogP contribution in [0.2, 0.25) is 0 Å². The molecule has 0 amide bonds. The van der Waals surface area contributed by atoms with E-state index < -0.39 is 0 Å². The fourth-order valence-electron chi connectivity index (χ4n) is 2.08. The van der Waals surface area contributed by atoms with Crippen LogP contribution in [0.15, 0.2) is 24.3 Å². The molecule has 1 heterocycles. The summed E-state index contributed by atoms with van der Waals surface area (Å²) in [6, 6.07) is 5.97. The molecule has 0 aliphatic carbocycles. The highest BCUT2D eigenvalue weighted by atomic mass is 32.2. The number of carbonyl (C=O) groups is 1. The first-order valence-corrected chi connectivity index (χ1v) is 8.07. The minimum Gasteiger partial charge on any atom is -0.298 e. The molecule has 0 unspecified atom stereocenters. The van der Waals surface area contributed by atoms with Gasteiger partial charge < -0.3 is 0 Å². The molecular weight excluding hydrogens is 301 g/mol. The molecular formula is C16H18FN3OS. The van der Waals surface area contributed by atoms with E-state index in [1.165, 1.54) is 24.1 Å². The lowest BCUT2D eigenvalue weighted by atomic mass is 9.99. The van der Waals surface area contributed by atoms with E-state index in [1.54, 1.807) is 12.1 Å². The molecule has 1 aromatic heterocycles. The maximum absolute atomic E-state index is 13.1. The van der Waals surface area contributed by atoms with Crippen LogP contribution < -0.4 is 4.31 Å². The van der Waals surface area contributed by atoms with Crippen molar-refractivity contribution in [2.45, 2.75) is 19.8 Å². The van der Waals surface area contributed by atoms with Crippen molar-refractivity contribution in [3.8, 4) is 11.3 Å². The Bertz CT molecular complexity index is 674. The molecule has 116 valence electrons. The Kier molecular flexibility index (Phi) is 5.13. The molecule has 4 nitrogen and oxygen atoms in total. The monoisotopic (exact) mass is 319 g/mol. The Morgan fingerprint density at radius 3 is 2.36 bits per heavy atom. The fourth-order valence-corrected chi connectivity index (χ4v) is 2.33. The molecule has 0 atom stereocenters. The first-order chi connectivity index (χ1) is 10.5. The van der Waals surface area contributed by atoms with Crippen LogP contribution in [0.1, 0.15) is 35.8 Å². The molecule has 0 radical (unpaired) electrons. The number of nitrogens with zero attached hydrogens (tertiary/aromatic N) is 3. The van der Waals surface area contributed by atoms with Gasteiger partial charge in [-0.2, -0.15) is 0 Å². The van der Waals surface area contributed by atoms with E-state index in [2.05, 4.69) is 9.97 Å². The first kappa shape index (κ1) is 16.4. The lowest BCUT2D eigenvalue weighted by Crippen LogP contribution is -2.14. The van der Waals surface area contributed by atoms with Gasteiger partial charge in [0.25, 0.3) is 0 Å². The standard InChI is InChI=1S/C16H18FN3OS/c1-10(2)14-13(9-21)15(11-5-7-12(17)8-6-11)19-16(18-14)20(3)22-4/h5-10H,1-4H3. The van der Waals surface area contributed by atoms with E-state index in [0.29, 0.717) is 28.5 Å². The topological polar surface area (TPSA) is 46.1 Å². The molecule has 0 saturated heterocycles. The summed E-state index contributed by atoms with van der Waals surface area (Å²) in [4.78, 5) is 20.6. The van der Waals surface area contributed by atoms with Crippen LogP contribution in [-0.4, -0.2) is 29.6 Å². The van der Waals surface area contributed by atoms with Gasteiger partial charge >= 0.3 is 0 Å². The van der Waals surface area contributed by atoms with Crippen molar-refractivity contribution < 1.29 is 9.18 Å². The Morgan fingerprint density at radius 2 is 1.86 bits per heavy atom. The highest BCUT2D eigenvalue weighted by molar-refractivity contribution is 7.99. The lowest BCUT2D eigenvalue weighted by molar-refractivity contribution is 0.112. The van der Waals surface area contributed by atoms with Gasteiger partial charge in [-0.1, -0.05) is 25.8 Å². The third-order valence-electron chi connectivity index (χ3n) is 3.30. The van der Waals surface area contributed by atoms with Crippen LogP contribution in [0, 0.1) is 5.82 Å². The zero-order valence-electron chi connectivity index (χ0n) is 13.0. The van der Waals surface area contributed by atoms with Gasteiger partial charge in [-0.3, -0.25) is 9.10 Å². The summed E-state index contributed by atoms with van der Waals surface area (Å²) in [6.07, 6.45) is 2.69. The number of aromatic nitrogens is 2. The number of anilines is 1. The summed E-state index contributed by atoms with van der Waals surface area (Å²) in [7, 11) is 1.86. The molecule has 0 aliphatic rings. The molecule has 1 aromatic carbocycles. The van der Waals surface area contributed by atoms with Gasteiger partial charge in [0.05, 0.1) is 17.0 Å². The second-order valence-corrected chi connectivity index (χ2v) is 6.04. The van der Waals surface area contributed by atoms with Crippen LogP contribution in [0.3, 0.4) is 0 Å². The number of aldehydes is 1. The first-order valence-electron chi connectivity index (χ1n) is 6.88. The van der Waals surface area contributed by atoms with Crippen LogP contribution in [0.25, 0.3) is 11.3 Å². The molecule has 0 aliphatic heterocycles. The second kappa shape index (κ2) is 6.87. The van der Waals surface area contributed by atoms with E-state index in [-0.39, 0.29) is 11.7 Å². The summed E-state index contributed by atoms with van der Waals surface area (Å²) in [5.74, 6) is 0.286. The van der Waals surface area contributed by atoms with E-state index in [0.717, 1.165) is 6.29 Å². The minimum absolute atomic E-state index is 0.0800. The van der Waals surface area contributed by atoms with Gasteiger partial charge in [0.2, 0.25) is 5.95 Å². The average molecular weight is 319 g/mol. The number of hydrogen-bond acceptors (Lipinski definition) is 5. The zero-order chi connectivity index (χ0) is 16.3. The van der Waals surface area contributed by atoms with E-state index in [1.807, 2.05) is 31.5 Å². The smallest absolute Gasteiger partial charge is 0.236 e. The van der Waals surface area contributed by atoms with Gasteiger partial charge in [0.15, 0.2) is 6.29 Å². The quantitative estimate of drug-likeness (QED) is 0.617. The second-order valence-electron chi connectivity index (χ2n) is 5.13. The molecule has 0 fully saturated rings. The molecule has 0 spiro atoms. The summed E-state index contributed by atoms with van der Waals surface area (Å²) < 4.78 is 15.0. The fraction of sp³-hybridized carbons (Fsp3) is 0.312. The third-order valence-corrected chi connectivity index (χ3v) is 4.01. The third kappa shape index (κ3) is 3.27. The summed E-state index contributed by atoms with van der Waals surface area (Å²) in [5, 5.41) is 0. The zero-order valence-corrected chi connectivity index (χ0v) is 13.8. The van der Waals surface area contributed by atoms with E-state index >= 15 is 0 Å². The van der Waals surface area contributed by atoms with Crippen molar-refractivity contribution in [1.82, 2.24) is 9.97 Å². The van der Waals surface area contributed by atoms with Gasteiger partial charge in [-0.05, 0) is 30.2 Å². The van der Waals surface area contributed by atoms with E-state index in [9.17, 15) is 9.18 Å². The number of benzene rings is 1. The largest absolute Gasteiger partial charge is 0.298 e. The SMILES string of the molecule is CSN(C)c1nc(-c2ccc(F)cc2)c(C=O)c(C(C)C)n1. The number of rotatable bonds is 5. The highest BCUT2D eigenvalue weighted by Crippen LogP contribution is 2.29. The Balaban J connectivity index is 2.71. The maximum Gasteiger partial charge on any atom is 0.236 e. The van der Waals surface area contributed by atoms with Crippen LogP contribution in [-0.2, 0) is 0 Å². The maximum atomic E-state index is 13.1. The summed E-state index contributed by atoms with van der Waals surface area (Å²) in [6.45, 7) is 3.96. The predicted octanol–water partition coefficient (Wildman–Crippen LogP) is 3.93. The van der Waals surface area contributed by atoms with Gasteiger partial charge in [-0.25, -0.2) is 14.4 Å². The number of hydrogen-bond donors (Lipinski definition) is 0. The van der Waals surface area contributed by atoms with E-state index in [4.69, 9.17) is 0 Å².